The normalized spacial score (nSPS) is 16.8. The first-order valence-corrected chi connectivity index (χ1v) is 8.87. The summed E-state index contributed by atoms with van der Waals surface area (Å²) in [6.07, 6.45) is 0.0947. The van der Waals surface area contributed by atoms with Crippen LogP contribution in [0, 0.1) is 0 Å². The van der Waals surface area contributed by atoms with Crippen LogP contribution in [0.2, 0.25) is 5.02 Å². The van der Waals surface area contributed by atoms with Crippen molar-refractivity contribution in [2.24, 2.45) is 0 Å². The number of benzene rings is 2. The molecular weight excluding hydrogens is 354 g/mol. The number of hydrogen-bond acceptors (Lipinski definition) is 4. The molecule has 1 aliphatic heterocycles. The number of fused-ring (bicyclic) bond motifs is 1. The highest BCUT2D eigenvalue weighted by Crippen LogP contribution is 2.41. The Bertz CT molecular complexity index is 912. The number of aliphatic carboxylic acids is 1. The number of halogens is 1. The van der Waals surface area contributed by atoms with Crippen LogP contribution in [0.25, 0.3) is 0 Å². The minimum Gasteiger partial charge on any atom is -0.495 e. The molecule has 1 aliphatic rings. The predicted molar refractivity (Wildman–Crippen MR) is 89.2 cm³/mol. The maximum Gasteiger partial charge on any atom is 0.327 e. The van der Waals surface area contributed by atoms with Crippen molar-refractivity contribution in [3.8, 4) is 5.75 Å². The molecule has 8 heteroatoms. The fraction of sp³-hybridized carbons (Fsp3) is 0.188. The molecule has 1 unspecified atom stereocenters. The molecule has 0 spiro atoms. The zero-order chi connectivity index (χ0) is 17.5. The molecule has 0 amide bonds. The number of carboxylic acids is 1. The molecule has 0 radical (unpaired) electrons. The zero-order valence-corrected chi connectivity index (χ0v) is 14.2. The third kappa shape index (κ3) is 2.50. The first-order valence-electron chi connectivity index (χ1n) is 7.05. The molecule has 1 heterocycles. The van der Waals surface area contributed by atoms with Gasteiger partial charge in [-0.15, -0.1) is 0 Å². The number of carboxylic acid groups (broad SMARTS) is 1. The predicted octanol–water partition coefficient (Wildman–Crippen LogP) is 2.55. The topological polar surface area (TPSA) is 83.9 Å². The van der Waals surface area contributed by atoms with Crippen molar-refractivity contribution in [2.75, 3.05) is 11.4 Å². The summed E-state index contributed by atoms with van der Waals surface area (Å²) in [7, 11) is -2.89. The van der Waals surface area contributed by atoms with Crippen molar-refractivity contribution in [3.63, 3.8) is 0 Å². The standard InChI is InChI=1S/C16H14ClNO5S/c1-23-14-8-4-6-11(17)15(14)24(21,22)18-12-7-3-2-5-10(12)9-13(18)16(19)20/h2-8,13H,9H2,1H3,(H,19,20). The molecule has 6 nitrogen and oxygen atoms in total. The summed E-state index contributed by atoms with van der Waals surface area (Å²) in [5, 5.41) is 9.47. The van der Waals surface area contributed by atoms with Gasteiger partial charge in [-0.25, -0.2) is 13.2 Å². The van der Waals surface area contributed by atoms with Crippen molar-refractivity contribution in [1.82, 2.24) is 0 Å². The second kappa shape index (κ2) is 5.99. The van der Waals surface area contributed by atoms with E-state index in [-0.39, 0.29) is 22.1 Å². The molecule has 24 heavy (non-hydrogen) atoms. The van der Waals surface area contributed by atoms with Crippen molar-refractivity contribution < 1.29 is 23.1 Å². The zero-order valence-electron chi connectivity index (χ0n) is 12.6. The number of nitrogens with zero attached hydrogens (tertiary/aromatic N) is 1. The third-order valence-electron chi connectivity index (χ3n) is 3.88. The number of carbonyl (C=O) groups is 1. The lowest BCUT2D eigenvalue weighted by atomic mass is 10.1. The van der Waals surface area contributed by atoms with Gasteiger partial charge in [-0.2, -0.15) is 0 Å². The smallest absolute Gasteiger partial charge is 0.327 e. The quantitative estimate of drug-likeness (QED) is 0.897. The molecule has 0 bridgehead atoms. The molecule has 3 rings (SSSR count). The molecule has 2 aromatic rings. The van der Waals surface area contributed by atoms with E-state index in [1.165, 1.54) is 19.2 Å². The minimum absolute atomic E-state index is 0.0251. The van der Waals surface area contributed by atoms with Crippen LogP contribution in [0.1, 0.15) is 5.56 Å². The molecule has 0 aliphatic carbocycles. The molecular formula is C16H14ClNO5S. The maximum atomic E-state index is 13.2. The first kappa shape index (κ1) is 16.6. The van der Waals surface area contributed by atoms with Crippen LogP contribution in [0.4, 0.5) is 5.69 Å². The first-order chi connectivity index (χ1) is 11.4. The van der Waals surface area contributed by atoms with Crippen LogP contribution < -0.4 is 9.04 Å². The fourth-order valence-electron chi connectivity index (χ4n) is 2.84. The SMILES string of the molecule is COc1cccc(Cl)c1S(=O)(=O)N1c2ccccc2CC1C(=O)O. The van der Waals surface area contributed by atoms with Crippen molar-refractivity contribution >= 4 is 33.3 Å². The van der Waals surface area contributed by atoms with E-state index in [0.29, 0.717) is 11.3 Å². The monoisotopic (exact) mass is 367 g/mol. The molecule has 0 saturated carbocycles. The summed E-state index contributed by atoms with van der Waals surface area (Å²) >= 11 is 6.09. The van der Waals surface area contributed by atoms with Gasteiger partial charge in [-0.05, 0) is 23.8 Å². The van der Waals surface area contributed by atoms with Crippen LogP contribution in [-0.4, -0.2) is 32.6 Å². The van der Waals surface area contributed by atoms with Gasteiger partial charge in [0.25, 0.3) is 10.0 Å². The second-order valence-corrected chi connectivity index (χ2v) is 7.42. The Hall–Kier alpha value is -2.25. The fourth-order valence-corrected chi connectivity index (χ4v) is 5.15. The number of ether oxygens (including phenoxy) is 1. The number of para-hydroxylation sites is 1. The van der Waals surface area contributed by atoms with Crippen molar-refractivity contribution in [1.29, 1.82) is 0 Å². The minimum atomic E-state index is -4.22. The van der Waals surface area contributed by atoms with E-state index < -0.39 is 22.0 Å². The van der Waals surface area contributed by atoms with Gasteiger partial charge in [0, 0.05) is 6.42 Å². The van der Waals surface area contributed by atoms with E-state index >= 15 is 0 Å². The van der Waals surface area contributed by atoms with E-state index in [2.05, 4.69) is 0 Å². The highest BCUT2D eigenvalue weighted by atomic mass is 35.5. The lowest BCUT2D eigenvalue weighted by Gasteiger charge is -2.25. The Morgan fingerprint density at radius 3 is 2.62 bits per heavy atom. The molecule has 1 N–H and O–H groups in total. The second-order valence-electron chi connectivity index (χ2n) is 5.26. The van der Waals surface area contributed by atoms with Crippen LogP contribution in [0.5, 0.6) is 5.75 Å². The van der Waals surface area contributed by atoms with E-state index in [4.69, 9.17) is 16.3 Å². The largest absolute Gasteiger partial charge is 0.495 e. The Labute approximate surface area is 144 Å². The van der Waals surface area contributed by atoms with Crippen molar-refractivity contribution in [2.45, 2.75) is 17.4 Å². The average molecular weight is 368 g/mol. The number of rotatable bonds is 4. The highest BCUT2D eigenvalue weighted by molar-refractivity contribution is 7.93. The van der Waals surface area contributed by atoms with Gasteiger partial charge in [0.15, 0.2) is 0 Å². The Kier molecular flexibility index (Phi) is 4.15. The summed E-state index contributed by atoms with van der Waals surface area (Å²) < 4.78 is 32.5. The summed E-state index contributed by atoms with van der Waals surface area (Å²) in [4.78, 5) is 11.4. The average Bonchev–Trinajstić information content (AvgIpc) is 2.94. The number of hydrogen-bond donors (Lipinski definition) is 1. The van der Waals surface area contributed by atoms with Gasteiger partial charge in [-0.1, -0.05) is 35.9 Å². The molecule has 0 fully saturated rings. The van der Waals surface area contributed by atoms with E-state index in [1.807, 2.05) is 0 Å². The maximum absolute atomic E-state index is 13.2. The van der Waals surface area contributed by atoms with Gasteiger partial charge in [-0.3, -0.25) is 4.31 Å². The van der Waals surface area contributed by atoms with Crippen LogP contribution in [-0.2, 0) is 21.2 Å². The molecule has 2 aromatic carbocycles. The van der Waals surface area contributed by atoms with Gasteiger partial charge in [0.05, 0.1) is 17.8 Å². The molecule has 1 atom stereocenters. The van der Waals surface area contributed by atoms with Crippen LogP contribution >= 0.6 is 11.6 Å². The summed E-state index contributed by atoms with van der Waals surface area (Å²) in [5.41, 5.74) is 0.992. The van der Waals surface area contributed by atoms with Gasteiger partial charge >= 0.3 is 5.97 Å². The number of anilines is 1. The van der Waals surface area contributed by atoms with Crippen LogP contribution in [0.15, 0.2) is 47.4 Å². The Morgan fingerprint density at radius 2 is 1.96 bits per heavy atom. The van der Waals surface area contributed by atoms with E-state index in [1.54, 1.807) is 30.3 Å². The Balaban J connectivity index is 2.24. The summed E-state index contributed by atoms with van der Waals surface area (Å²) in [6.45, 7) is 0. The molecule has 0 aromatic heterocycles. The lowest BCUT2D eigenvalue weighted by Crippen LogP contribution is -2.43. The van der Waals surface area contributed by atoms with Crippen LogP contribution in [0.3, 0.4) is 0 Å². The summed E-state index contributed by atoms with van der Waals surface area (Å²) in [6, 6.07) is 9.93. The lowest BCUT2D eigenvalue weighted by molar-refractivity contribution is -0.138. The Morgan fingerprint density at radius 1 is 1.25 bits per heavy atom. The number of sulfonamides is 1. The highest BCUT2D eigenvalue weighted by Gasteiger charge is 2.44. The summed E-state index contributed by atoms with van der Waals surface area (Å²) in [5.74, 6) is -1.16. The number of methoxy groups -OCH3 is 1. The molecule has 0 saturated heterocycles. The van der Waals surface area contributed by atoms with E-state index in [0.717, 1.165) is 4.31 Å². The van der Waals surface area contributed by atoms with Gasteiger partial charge in [0.1, 0.15) is 16.7 Å². The van der Waals surface area contributed by atoms with Gasteiger partial charge in [0.2, 0.25) is 0 Å². The molecule has 126 valence electrons. The van der Waals surface area contributed by atoms with Crippen molar-refractivity contribution in [3.05, 3.63) is 53.1 Å². The van der Waals surface area contributed by atoms with E-state index in [9.17, 15) is 18.3 Å². The van der Waals surface area contributed by atoms with Gasteiger partial charge < -0.3 is 9.84 Å². The third-order valence-corrected chi connectivity index (χ3v) is 6.21.